The summed E-state index contributed by atoms with van der Waals surface area (Å²) in [6, 6.07) is 25.1. The van der Waals surface area contributed by atoms with Crippen LogP contribution in [0.1, 0.15) is 32.6 Å². The topological polar surface area (TPSA) is 58.9 Å². The fourth-order valence-corrected chi connectivity index (χ4v) is 3.43. The molecule has 0 heterocycles. The van der Waals surface area contributed by atoms with E-state index in [2.05, 4.69) is 37.3 Å². The zero-order valence-corrected chi connectivity index (χ0v) is 17.5. The van der Waals surface area contributed by atoms with Gasteiger partial charge in [-0.05, 0) is 65.6 Å². The number of aryl methyl sites for hydroxylation is 2. The second-order valence-corrected chi connectivity index (χ2v) is 7.54. The van der Waals surface area contributed by atoms with Crippen molar-refractivity contribution in [3.8, 4) is 5.75 Å². The van der Waals surface area contributed by atoms with E-state index in [0.717, 1.165) is 44.5 Å². The van der Waals surface area contributed by atoms with E-state index < -0.39 is 5.97 Å². The van der Waals surface area contributed by atoms with Gasteiger partial charge in [0.25, 0.3) is 0 Å². The molecule has 4 nitrogen and oxygen atoms in total. The van der Waals surface area contributed by atoms with Crippen molar-refractivity contribution < 1.29 is 14.6 Å². The predicted molar refractivity (Wildman–Crippen MR) is 125 cm³/mol. The number of fused-ring (bicyclic) bond motifs is 1. The van der Waals surface area contributed by atoms with Crippen LogP contribution in [0.5, 0.6) is 5.75 Å². The molecular weight excluding hydrogens is 386 g/mol. The standard InChI is InChI=1S/C27H23NO3/c1-18-7-8-19(2)25(15-18)28-16-24-23-6-4-3-5-21(23)13-14-26(24)31-17-20-9-11-22(12-10-20)27(29)30/h3-16H,17H2,1-2H3,(H,29,30). The largest absolute Gasteiger partial charge is 0.488 e. The van der Waals surface area contributed by atoms with Crippen LogP contribution < -0.4 is 4.74 Å². The highest BCUT2D eigenvalue weighted by Crippen LogP contribution is 2.29. The number of hydrogen-bond donors (Lipinski definition) is 1. The van der Waals surface area contributed by atoms with E-state index in [1.165, 1.54) is 0 Å². The summed E-state index contributed by atoms with van der Waals surface area (Å²) in [6.07, 6.45) is 1.87. The van der Waals surface area contributed by atoms with E-state index in [1.54, 1.807) is 24.3 Å². The Morgan fingerprint density at radius 2 is 1.74 bits per heavy atom. The SMILES string of the molecule is Cc1ccc(C)c(N=Cc2c(OCc3ccc(C(=O)O)cc3)ccc3ccccc23)c1. The van der Waals surface area contributed by atoms with Crippen LogP contribution in [0.4, 0.5) is 5.69 Å². The summed E-state index contributed by atoms with van der Waals surface area (Å²) in [4.78, 5) is 15.8. The summed E-state index contributed by atoms with van der Waals surface area (Å²) in [5.41, 5.74) is 5.29. The maximum Gasteiger partial charge on any atom is 0.335 e. The van der Waals surface area contributed by atoms with Crippen molar-refractivity contribution >= 4 is 28.6 Å². The number of carbonyl (C=O) groups is 1. The molecule has 4 rings (SSSR count). The number of carboxylic acid groups (broad SMARTS) is 1. The van der Waals surface area contributed by atoms with Gasteiger partial charge >= 0.3 is 5.97 Å². The third-order valence-electron chi connectivity index (χ3n) is 5.22. The molecule has 0 unspecified atom stereocenters. The second-order valence-electron chi connectivity index (χ2n) is 7.54. The molecule has 0 spiro atoms. The Balaban J connectivity index is 1.67. The molecule has 0 fully saturated rings. The normalized spacial score (nSPS) is 11.2. The smallest absolute Gasteiger partial charge is 0.335 e. The van der Waals surface area contributed by atoms with Crippen LogP contribution in [-0.4, -0.2) is 17.3 Å². The number of hydrogen-bond acceptors (Lipinski definition) is 3. The lowest BCUT2D eigenvalue weighted by atomic mass is 10.0. The lowest BCUT2D eigenvalue weighted by molar-refractivity contribution is 0.0697. The van der Waals surface area contributed by atoms with E-state index in [1.807, 2.05) is 37.4 Å². The minimum absolute atomic E-state index is 0.260. The van der Waals surface area contributed by atoms with E-state index in [9.17, 15) is 4.79 Å². The maximum atomic E-state index is 11.0. The molecule has 0 aliphatic heterocycles. The van der Waals surface area contributed by atoms with Crippen LogP contribution >= 0.6 is 0 Å². The highest BCUT2D eigenvalue weighted by atomic mass is 16.5. The van der Waals surface area contributed by atoms with Gasteiger partial charge in [0.1, 0.15) is 12.4 Å². The van der Waals surface area contributed by atoms with Crippen molar-refractivity contribution in [1.29, 1.82) is 0 Å². The summed E-state index contributed by atoms with van der Waals surface area (Å²) >= 11 is 0. The first kappa shape index (κ1) is 20.4. The second kappa shape index (κ2) is 8.84. The van der Waals surface area contributed by atoms with E-state index in [4.69, 9.17) is 14.8 Å². The predicted octanol–water partition coefficient (Wildman–Crippen LogP) is 6.48. The molecule has 0 saturated carbocycles. The summed E-state index contributed by atoms with van der Waals surface area (Å²) in [6.45, 7) is 4.44. The molecule has 1 N–H and O–H groups in total. The summed E-state index contributed by atoms with van der Waals surface area (Å²) in [5, 5.41) is 11.2. The molecule has 0 aliphatic rings. The molecule has 31 heavy (non-hydrogen) atoms. The van der Waals surface area contributed by atoms with E-state index in [-0.39, 0.29) is 5.56 Å². The van der Waals surface area contributed by atoms with Crippen LogP contribution in [0, 0.1) is 13.8 Å². The number of rotatable bonds is 6. The van der Waals surface area contributed by atoms with Crippen LogP contribution in [0.15, 0.2) is 83.9 Å². The minimum atomic E-state index is -0.938. The maximum absolute atomic E-state index is 11.0. The van der Waals surface area contributed by atoms with Crippen molar-refractivity contribution in [3.63, 3.8) is 0 Å². The van der Waals surface area contributed by atoms with Gasteiger partial charge in [-0.3, -0.25) is 4.99 Å². The first-order valence-electron chi connectivity index (χ1n) is 10.1. The zero-order valence-electron chi connectivity index (χ0n) is 17.5. The van der Waals surface area contributed by atoms with Gasteiger partial charge in [0.05, 0.1) is 11.3 Å². The number of aliphatic imine (C=N–C) groups is 1. The van der Waals surface area contributed by atoms with Crippen molar-refractivity contribution in [2.75, 3.05) is 0 Å². The average molecular weight is 409 g/mol. The third-order valence-corrected chi connectivity index (χ3v) is 5.22. The minimum Gasteiger partial charge on any atom is -0.488 e. The quantitative estimate of drug-likeness (QED) is 0.371. The molecule has 4 heteroatoms. The number of aromatic carboxylic acids is 1. The molecule has 0 aliphatic carbocycles. The van der Waals surface area contributed by atoms with Gasteiger partial charge in [0, 0.05) is 11.8 Å². The van der Waals surface area contributed by atoms with Crippen molar-refractivity contribution in [2.45, 2.75) is 20.5 Å². The molecule has 0 atom stereocenters. The van der Waals surface area contributed by atoms with Crippen LogP contribution in [0.2, 0.25) is 0 Å². The van der Waals surface area contributed by atoms with E-state index in [0.29, 0.717) is 6.61 Å². The molecule has 0 radical (unpaired) electrons. The highest BCUT2D eigenvalue weighted by molar-refractivity contribution is 6.03. The van der Waals surface area contributed by atoms with Crippen LogP contribution in [-0.2, 0) is 6.61 Å². The molecule has 0 aromatic heterocycles. The molecule has 4 aromatic carbocycles. The number of nitrogens with zero attached hydrogens (tertiary/aromatic N) is 1. The van der Waals surface area contributed by atoms with Crippen LogP contribution in [0.3, 0.4) is 0 Å². The van der Waals surface area contributed by atoms with Crippen molar-refractivity contribution in [3.05, 3.63) is 107 Å². The first-order valence-corrected chi connectivity index (χ1v) is 10.1. The first-order chi connectivity index (χ1) is 15.0. The Kier molecular flexibility index (Phi) is 5.80. The molecular formula is C27H23NO3. The monoisotopic (exact) mass is 409 g/mol. The van der Waals surface area contributed by atoms with Crippen LogP contribution in [0.25, 0.3) is 10.8 Å². The third kappa shape index (κ3) is 4.64. The van der Waals surface area contributed by atoms with Gasteiger partial charge in [-0.1, -0.05) is 54.6 Å². The highest BCUT2D eigenvalue weighted by Gasteiger charge is 2.09. The molecule has 4 aromatic rings. The fraction of sp³-hybridized carbons (Fsp3) is 0.111. The van der Waals surface area contributed by atoms with Gasteiger partial charge < -0.3 is 9.84 Å². The summed E-state index contributed by atoms with van der Waals surface area (Å²) in [7, 11) is 0. The Bertz CT molecular complexity index is 1270. The van der Waals surface area contributed by atoms with E-state index >= 15 is 0 Å². The Morgan fingerprint density at radius 3 is 2.52 bits per heavy atom. The number of benzene rings is 4. The lowest BCUT2D eigenvalue weighted by Gasteiger charge is -2.12. The van der Waals surface area contributed by atoms with Gasteiger partial charge in [0.2, 0.25) is 0 Å². The number of carboxylic acids is 1. The lowest BCUT2D eigenvalue weighted by Crippen LogP contribution is -2.01. The van der Waals surface area contributed by atoms with Crippen molar-refractivity contribution in [1.82, 2.24) is 0 Å². The Hall–Kier alpha value is -3.92. The molecule has 0 saturated heterocycles. The molecule has 0 amide bonds. The number of ether oxygens (including phenoxy) is 1. The van der Waals surface area contributed by atoms with Crippen molar-refractivity contribution in [2.24, 2.45) is 4.99 Å². The zero-order chi connectivity index (χ0) is 21.8. The van der Waals surface area contributed by atoms with Gasteiger partial charge in [-0.2, -0.15) is 0 Å². The Morgan fingerprint density at radius 1 is 0.968 bits per heavy atom. The molecule has 154 valence electrons. The van der Waals surface area contributed by atoms with Gasteiger partial charge in [-0.25, -0.2) is 4.79 Å². The average Bonchev–Trinajstić information content (AvgIpc) is 2.78. The van der Waals surface area contributed by atoms with Gasteiger partial charge in [0.15, 0.2) is 0 Å². The summed E-state index contributed by atoms with van der Waals surface area (Å²) < 4.78 is 6.14. The van der Waals surface area contributed by atoms with Gasteiger partial charge in [-0.15, -0.1) is 0 Å². The summed E-state index contributed by atoms with van der Waals surface area (Å²) in [5.74, 6) is -0.206. The fourth-order valence-electron chi connectivity index (χ4n) is 3.43. The molecule has 0 bridgehead atoms. The Labute approximate surface area is 181 Å².